The summed E-state index contributed by atoms with van der Waals surface area (Å²) in [6, 6.07) is 3.51. The van der Waals surface area contributed by atoms with Crippen LogP contribution in [0.25, 0.3) is 0 Å². The summed E-state index contributed by atoms with van der Waals surface area (Å²) in [5.74, 6) is 2.08. The topological polar surface area (TPSA) is 61.2 Å². The fourth-order valence-corrected chi connectivity index (χ4v) is 2.10. The minimum atomic E-state index is 0.521. The van der Waals surface area contributed by atoms with E-state index in [-0.39, 0.29) is 0 Å². The van der Waals surface area contributed by atoms with Gasteiger partial charge in [-0.15, -0.1) is 0 Å². The Labute approximate surface area is 122 Å². The Morgan fingerprint density at radius 3 is 2.65 bits per heavy atom. The molecule has 108 valence electrons. The second-order valence-corrected chi connectivity index (χ2v) is 4.44. The quantitative estimate of drug-likeness (QED) is 0.888. The van der Waals surface area contributed by atoms with Crippen molar-refractivity contribution in [3.63, 3.8) is 0 Å². The zero-order valence-electron chi connectivity index (χ0n) is 11.7. The molecule has 0 radical (unpaired) electrons. The maximum absolute atomic E-state index is 6.12. The average Bonchev–Trinajstić information content (AvgIpc) is 2.92. The molecule has 0 fully saturated rings. The van der Waals surface area contributed by atoms with Gasteiger partial charge in [-0.2, -0.15) is 5.10 Å². The molecule has 0 aliphatic heterocycles. The lowest BCUT2D eigenvalue weighted by molar-refractivity contribution is 0.395. The molecule has 0 aliphatic carbocycles. The first kappa shape index (κ1) is 14.5. The summed E-state index contributed by atoms with van der Waals surface area (Å²) in [6.45, 7) is 3.33. The SMILES string of the molecule is CCn1ncnc1CNc1cc(Cl)c(OC)cc1OC. The highest BCUT2D eigenvalue weighted by atomic mass is 35.5. The summed E-state index contributed by atoms with van der Waals surface area (Å²) in [5.41, 5.74) is 0.781. The van der Waals surface area contributed by atoms with E-state index in [9.17, 15) is 0 Å². The number of methoxy groups -OCH3 is 2. The van der Waals surface area contributed by atoms with Gasteiger partial charge in [0.15, 0.2) is 0 Å². The predicted octanol–water partition coefficient (Wildman–Crippen LogP) is 2.58. The van der Waals surface area contributed by atoms with Crippen LogP contribution >= 0.6 is 11.6 Å². The first-order chi connectivity index (χ1) is 9.69. The molecule has 0 unspecified atom stereocenters. The van der Waals surface area contributed by atoms with Crippen LogP contribution in [0.5, 0.6) is 11.5 Å². The van der Waals surface area contributed by atoms with Crippen molar-refractivity contribution in [2.75, 3.05) is 19.5 Å². The number of hydrogen-bond acceptors (Lipinski definition) is 5. The molecule has 1 aromatic heterocycles. The zero-order chi connectivity index (χ0) is 14.5. The van der Waals surface area contributed by atoms with Crippen molar-refractivity contribution >= 4 is 17.3 Å². The van der Waals surface area contributed by atoms with Gasteiger partial charge in [0.1, 0.15) is 23.7 Å². The third-order valence-electron chi connectivity index (χ3n) is 2.91. The van der Waals surface area contributed by atoms with Crippen molar-refractivity contribution in [3.05, 3.63) is 29.3 Å². The van der Waals surface area contributed by atoms with E-state index in [2.05, 4.69) is 15.4 Å². The fourth-order valence-electron chi connectivity index (χ4n) is 1.86. The van der Waals surface area contributed by atoms with Gasteiger partial charge < -0.3 is 14.8 Å². The second-order valence-electron chi connectivity index (χ2n) is 4.03. The van der Waals surface area contributed by atoms with Gasteiger partial charge in [0.2, 0.25) is 0 Å². The number of benzene rings is 1. The number of hydrogen-bond donors (Lipinski definition) is 1. The molecule has 0 spiro atoms. The number of rotatable bonds is 6. The highest BCUT2D eigenvalue weighted by Gasteiger charge is 2.11. The molecule has 0 aliphatic rings. The van der Waals surface area contributed by atoms with E-state index in [1.54, 1.807) is 32.7 Å². The van der Waals surface area contributed by atoms with Crippen LogP contribution in [0.3, 0.4) is 0 Å². The number of anilines is 1. The van der Waals surface area contributed by atoms with E-state index in [0.29, 0.717) is 23.1 Å². The van der Waals surface area contributed by atoms with Crippen LogP contribution in [0.1, 0.15) is 12.7 Å². The van der Waals surface area contributed by atoms with Gasteiger partial charge in [0.05, 0.1) is 31.5 Å². The maximum Gasteiger partial charge on any atom is 0.146 e. The van der Waals surface area contributed by atoms with Gasteiger partial charge in [-0.3, -0.25) is 0 Å². The van der Waals surface area contributed by atoms with Crippen LogP contribution in [-0.2, 0) is 13.1 Å². The Bertz CT molecular complexity index is 586. The fraction of sp³-hybridized carbons (Fsp3) is 0.385. The van der Waals surface area contributed by atoms with Gasteiger partial charge in [-0.05, 0) is 13.0 Å². The number of nitrogens with zero attached hydrogens (tertiary/aromatic N) is 3. The van der Waals surface area contributed by atoms with Crippen molar-refractivity contribution in [2.45, 2.75) is 20.0 Å². The Morgan fingerprint density at radius 1 is 1.25 bits per heavy atom. The van der Waals surface area contributed by atoms with Crippen LogP contribution in [0.4, 0.5) is 5.69 Å². The van der Waals surface area contributed by atoms with E-state index < -0.39 is 0 Å². The highest BCUT2D eigenvalue weighted by molar-refractivity contribution is 6.32. The lowest BCUT2D eigenvalue weighted by Gasteiger charge is -2.13. The summed E-state index contributed by atoms with van der Waals surface area (Å²) in [7, 11) is 3.17. The zero-order valence-corrected chi connectivity index (χ0v) is 12.4. The largest absolute Gasteiger partial charge is 0.495 e. The minimum absolute atomic E-state index is 0.521. The van der Waals surface area contributed by atoms with Crippen molar-refractivity contribution in [3.8, 4) is 11.5 Å². The number of aryl methyl sites for hydroxylation is 1. The summed E-state index contributed by atoms with van der Waals surface area (Å²) < 4.78 is 12.3. The second kappa shape index (κ2) is 6.47. The Kier molecular flexibility index (Phi) is 4.68. The molecule has 1 N–H and O–H groups in total. The number of halogens is 1. The van der Waals surface area contributed by atoms with E-state index in [1.807, 2.05) is 11.6 Å². The summed E-state index contributed by atoms with van der Waals surface area (Å²) in [5, 5.41) is 7.89. The maximum atomic E-state index is 6.12. The molecular formula is C13H17ClN4O2. The van der Waals surface area contributed by atoms with Gasteiger partial charge in [0, 0.05) is 12.6 Å². The van der Waals surface area contributed by atoms with Crippen LogP contribution in [0.2, 0.25) is 5.02 Å². The van der Waals surface area contributed by atoms with E-state index in [1.165, 1.54) is 0 Å². The molecular weight excluding hydrogens is 280 g/mol. The molecule has 0 bridgehead atoms. The molecule has 1 heterocycles. The number of aromatic nitrogens is 3. The third-order valence-corrected chi connectivity index (χ3v) is 3.20. The molecule has 6 nitrogen and oxygen atoms in total. The van der Waals surface area contributed by atoms with Crippen LogP contribution in [0, 0.1) is 0 Å². The minimum Gasteiger partial charge on any atom is -0.495 e. The predicted molar refractivity (Wildman–Crippen MR) is 77.6 cm³/mol. The van der Waals surface area contributed by atoms with Gasteiger partial charge >= 0.3 is 0 Å². The lowest BCUT2D eigenvalue weighted by atomic mass is 10.2. The summed E-state index contributed by atoms with van der Waals surface area (Å²) in [6.07, 6.45) is 1.54. The Balaban J connectivity index is 2.18. The first-order valence-corrected chi connectivity index (χ1v) is 6.59. The molecule has 0 amide bonds. The van der Waals surface area contributed by atoms with Gasteiger partial charge in [-0.1, -0.05) is 11.6 Å². The average molecular weight is 297 g/mol. The van der Waals surface area contributed by atoms with Crippen LogP contribution < -0.4 is 14.8 Å². The van der Waals surface area contributed by atoms with Gasteiger partial charge in [-0.25, -0.2) is 9.67 Å². The normalized spacial score (nSPS) is 10.4. The lowest BCUT2D eigenvalue weighted by Crippen LogP contribution is -2.09. The highest BCUT2D eigenvalue weighted by Crippen LogP contribution is 2.35. The number of nitrogens with one attached hydrogen (secondary N) is 1. The molecule has 7 heteroatoms. The molecule has 0 saturated heterocycles. The van der Waals surface area contributed by atoms with Crippen molar-refractivity contribution in [1.82, 2.24) is 14.8 Å². The van der Waals surface area contributed by atoms with Gasteiger partial charge in [0.25, 0.3) is 0 Å². The monoisotopic (exact) mass is 296 g/mol. The van der Waals surface area contributed by atoms with Crippen molar-refractivity contribution in [1.29, 1.82) is 0 Å². The Hall–Kier alpha value is -1.95. The first-order valence-electron chi connectivity index (χ1n) is 6.21. The smallest absolute Gasteiger partial charge is 0.146 e. The van der Waals surface area contributed by atoms with Crippen LogP contribution in [-0.4, -0.2) is 29.0 Å². The number of ether oxygens (including phenoxy) is 2. The molecule has 1 aromatic carbocycles. The Morgan fingerprint density at radius 2 is 2.00 bits per heavy atom. The van der Waals surface area contributed by atoms with E-state index in [4.69, 9.17) is 21.1 Å². The van der Waals surface area contributed by atoms with Crippen molar-refractivity contribution in [2.24, 2.45) is 0 Å². The van der Waals surface area contributed by atoms with E-state index in [0.717, 1.165) is 18.1 Å². The molecule has 0 saturated carbocycles. The molecule has 2 aromatic rings. The molecule has 2 rings (SSSR count). The molecule has 20 heavy (non-hydrogen) atoms. The van der Waals surface area contributed by atoms with Crippen molar-refractivity contribution < 1.29 is 9.47 Å². The molecule has 0 atom stereocenters. The standard InChI is InChI=1S/C13H17ClN4O2/c1-4-18-13(16-8-17-18)7-15-10-5-9(14)11(19-2)6-12(10)20-3/h5-6,8,15H,4,7H2,1-3H3. The van der Waals surface area contributed by atoms with Crippen LogP contribution in [0.15, 0.2) is 18.5 Å². The summed E-state index contributed by atoms with van der Waals surface area (Å²) in [4.78, 5) is 4.20. The third kappa shape index (κ3) is 2.96. The van der Waals surface area contributed by atoms with E-state index >= 15 is 0 Å². The summed E-state index contributed by atoms with van der Waals surface area (Å²) >= 11 is 6.12.